The van der Waals surface area contributed by atoms with E-state index >= 15 is 0 Å². The molecule has 1 rings (SSSR count). The van der Waals surface area contributed by atoms with E-state index in [9.17, 15) is 4.79 Å². The molecular formula is C18H33NO3. The first-order chi connectivity index (χ1) is 10.2. The van der Waals surface area contributed by atoms with E-state index in [0.29, 0.717) is 0 Å². The highest BCUT2D eigenvalue weighted by atomic mass is 16.7. The van der Waals surface area contributed by atoms with Gasteiger partial charge in [0.1, 0.15) is 6.10 Å². The van der Waals surface area contributed by atoms with Crippen LogP contribution in [0.3, 0.4) is 0 Å². The summed E-state index contributed by atoms with van der Waals surface area (Å²) in [5.74, 6) is -0.342. The van der Waals surface area contributed by atoms with Gasteiger partial charge in [0.05, 0.1) is 6.61 Å². The zero-order valence-electron chi connectivity index (χ0n) is 15.0. The maximum absolute atomic E-state index is 11.5. The topological polar surface area (TPSA) is 38.8 Å². The van der Waals surface area contributed by atoms with Gasteiger partial charge in [0.2, 0.25) is 0 Å². The van der Waals surface area contributed by atoms with Crippen molar-refractivity contribution in [2.45, 2.75) is 90.3 Å². The van der Waals surface area contributed by atoms with Gasteiger partial charge in [0, 0.05) is 30.0 Å². The summed E-state index contributed by atoms with van der Waals surface area (Å²) in [6.07, 6.45) is 7.48. The molecule has 1 aliphatic rings. The Morgan fingerprint density at radius 2 is 1.77 bits per heavy atom. The Morgan fingerprint density at radius 3 is 2.27 bits per heavy atom. The maximum Gasteiger partial charge on any atom is 0.330 e. The van der Waals surface area contributed by atoms with Crippen molar-refractivity contribution in [3.8, 4) is 0 Å². The number of unbranched alkanes of at least 4 members (excludes halogenated alkanes) is 3. The third-order valence-electron chi connectivity index (χ3n) is 4.22. The Morgan fingerprint density at radius 1 is 1.18 bits per heavy atom. The Bertz CT molecular complexity index is 359. The molecule has 0 aromatic carbocycles. The lowest BCUT2D eigenvalue weighted by molar-refractivity contribution is -0.293. The van der Waals surface area contributed by atoms with Crippen LogP contribution < -0.4 is 0 Å². The minimum absolute atomic E-state index is 0.0876. The van der Waals surface area contributed by atoms with Crippen molar-refractivity contribution >= 4 is 5.97 Å². The summed E-state index contributed by atoms with van der Waals surface area (Å²) in [6.45, 7) is 15.0. The zero-order chi connectivity index (χ0) is 16.8. The number of esters is 1. The summed E-state index contributed by atoms with van der Waals surface area (Å²) in [6, 6.07) is 0. The van der Waals surface area contributed by atoms with Gasteiger partial charge in [-0.3, -0.25) is 4.84 Å². The molecule has 0 bridgehead atoms. The molecular weight excluding hydrogens is 278 g/mol. The van der Waals surface area contributed by atoms with Crippen LogP contribution >= 0.6 is 0 Å². The molecule has 128 valence electrons. The second kappa shape index (κ2) is 8.11. The Labute approximate surface area is 135 Å². The summed E-state index contributed by atoms with van der Waals surface area (Å²) in [4.78, 5) is 17.6. The molecule has 4 heteroatoms. The van der Waals surface area contributed by atoms with Crippen molar-refractivity contribution in [1.82, 2.24) is 5.06 Å². The number of hydrogen-bond donors (Lipinski definition) is 0. The van der Waals surface area contributed by atoms with E-state index in [2.05, 4.69) is 46.3 Å². The molecule has 0 amide bonds. The second-order valence-electron chi connectivity index (χ2n) is 7.48. The van der Waals surface area contributed by atoms with Crippen molar-refractivity contribution in [2.75, 3.05) is 6.61 Å². The van der Waals surface area contributed by atoms with Crippen LogP contribution in [-0.2, 0) is 14.4 Å². The molecule has 22 heavy (non-hydrogen) atoms. The number of carbonyl (C=O) groups excluding carboxylic acids is 1. The average Bonchev–Trinajstić information content (AvgIpc) is 2.39. The first-order valence-corrected chi connectivity index (χ1v) is 8.49. The van der Waals surface area contributed by atoms with Gasteiger partial charge >= 0.3 is 5.97 Å². The standard InChI is InChI=1S/C18H33NO3/c1-7-9-10-11-12-21-19-17(3,4)13-15(14-18(19,5)6)22-16(20)8-2/h8,15H,2,7,9-14H2,1,3-6H3. The van der Waals surface area contributed by atoms with E-state index in [0.717, 1.165) is 25.9 Å². The number of rotatable bonds is 8. The van der Waals surface area contributed by atoms with Gasteiger partial charge in [0.15, 0.2) is 0 Å². The number of nitrogens with zero attached hydrogens (tertiary/aromatic N) is 1. The third kappa shape index (κ3) is 5.40. The number of carbonyl (C=O) groups is 1. The van der Waals surface area contributed by atoms with E-state index in [1.807, 2.05) is 0 Å². The highest BCUT2D eigenvalue weighted by molar-refractivity contribution is 5.81. The lowest BCUT2D eigenvalue weighted by Gasteiger charge is -2.53. The van der Waals surface area contributed by atoms with Gasteiger partial charge in [-0.25, -0.2) is 4.79 Å². The Hall–Kier alpha value is -0.870. The van der Waals surface area contributed by atoms with Crippen LogP contribution in [-0.4, -0.2) is 34.8 Å². The van der Waals surface area contributed by atoms with E-state index < -0.39 is 0 Å². The molecule has 0 N–H and O–H groups in total. The first-order valence-electron chi connectivity index (χ1n) is 8.49. The summed E-state index contributed by atoms with van der Waals surface area (Å²) in [5.41, 5.74) is -0.336. The fourth-order valence-electron chi connectivity index (χ4n) is 3.50. The van der Waals surface area contributed by atoms with Crippen molar-refractivity contribution in [1.29, 1.82) is 0 Å². The van der Waals surface area contributed by atoms with Crippen LogP contribution in [0.1, 0.15) is 73.1 Å². The number of hydroxylamine groups is 2. The molecule has 0 unspecified atom stereocenters. The third-order valence-corrected chi connectivity index (χ3v) is 4.22. The predicted octanol–water partition coefficient (Wildman–Crippen LogP) is 4.25. The Kier molecular flexibility index (Phi) is 7.07. The molecule has 1 saturated heterocycles. The van der Waals surface area contributed by atoms with Gasteiger partial charge < -0.3 is 4.74 Å². The molecule has 1 heterocycles. The smallest absolute Gasteiger partial charge is 0.330 e. The van der Waals surface area contributed by atoms with E-state index in [4.69, 9.17) is 9.57 Å². The predicted molar refractivity (Wildman–Crippen MR) is 89.4 cm³/mol. The van der Waals surface area contributed by atoms with E-state index in [-0.39, 0.29) is 23.2 Å². The molecule has 0 atom stereocenters. The van der Waals surface area contributed by atoms with Crippen LogP contribution in [0.25, 0.3) is 0 Å². The fraction of sp³-hybridized carbons (Fsp3) is 0.833. The van der Waals surface area contributed by atoms with Crippen molar-refractivity contribution in [3.63, 3.8) is 0 Å². The van der Waals surface area contributed by atoms with Gasteiger partial charge in [-0.05, 0) is 34.1 Å². The minimum atomic E-state index is -0.342. The van der Waals surface area contributed by atoms with Gasteiger partial charge in [-0.2, -0.15) is 5.06 Å². The summed E-state index contributed by atoms with van der Waals surface area (Å²) in [7, 11) is 0. The summed E-state index contributed by atoms with van der Waals surface area (Å²) in [5, 5.41) is 2.12. The highest BCUT2D eigenvalue weighted by Gasteiger charge is 2.47. The molecule has 4 nitrogen and oxygen atoms in total. The first kappa shape index (κ1) is 19.2. The number of ether oxygens (including phenoxy) is 1. The van der Waals surface area contributed by atoms with E-state index in [1.165, 1.54) is 25.3 Å². The molecule has 0 radical (unpaired) electrons. The summed E-state index contributed by atoms with van der Waals surface area (Å²) >= 11 is 0. The van der Waals surface area contributed by atoms with Crippen LogP contribution in [0.5, 0.6) is 0 Å². The quantitative estimate of drug-likeness (QED) is 0.381. The highest BCUT2D eigenvalue weighted by Crippen LogP contribution is 2.39. The van der Waals surface area contributed by atoms with Gasteiger partial charge in [-0.15, -0.1) is 0 Å². The van der Waals surface area contributed by atoms with Gasteiger partial charge in [0.25, 0.3) is 0 Å². The van der Waals surface area contributed by atoms with Crippen LogP contribution in [0.2, 0.25) is 0 Å². The zero-order valence-corrected chi connectivity index (χ0v) is 15.0. The van der Waals surface area contributed by atoms with Crippen LogP contribution in [0, 0.1) is 0 Å². The average molecular weight is 311 g/mol. The lowest BCUT2D eigenvalue weighted by Crippen LogP contribution is -2.62. The maximum atomic E-state index is 11.5. The lowest BCUT2D eigenvalue weighted by atomic mass is 9.80. The van der Waals surface area contributed by atoms with Crippen molar-refractivity contribution in [3.05, 3.63) is 12.7 Å². The molecule has 0 aliphatic carbocycles. The van der Waals surface area contributed by atoms with Crippen LogP contribution in [0.15, 0.2) is 12.7 Å². The summed E-state index contributed by atoms with van der Waals surface area (Å²) < 4.78 is 5.48. The van der Waals surface area contributed by atoms with Crippen molar-refractivity contribution < 1.29 is 14.4 Å². The van der Waals surface area contributed by atoms with E-state index in [1.54, 1.807) is 0 Å². The molecule has 0 spiro atoms. The van der Waals surface area contributed by atoms with Crippen molar-refractivity contribution in [2.24, 2.45) is 0 Å². The second-order valence-corrected chi connectivity index (χ2v) is 7.48. The Balaban J connectivity index is 2.62. The minimum Gasteiger partial charge on any atom is -0.459 e. The molecule has 0 aromatic rings. The molecule has 0 saturated carbocycles. The number of hydrogen-bond acceptors (Lipinski definition) is 4. The monoisotopic (exact) mass is 311 g/mol. The SMILES string of the molecule is C=CC(=O)OC1CC(C)(C)N(OCCCCCC)C(C)(C)C1. The molecule has 1 fully saturated rings. The van der Waals surface area contributed by atoms with Crippen LogP contribution in [0.4, 0.5) is 0 Å². The van der Waals surface area contributed by atoms with Gasteiger partial charge in [-0.1, -0.05) is 32.8 Å². The molecule has 1 aliphatic heterocycles. The fourth-order valence-corrected chi connectivity index (χ4v) is 3.50. The largest absolute Gasteiger partial charge is 0.459 e. The molecule has 0 aromatic heterocycles. The normalized spacial score (nSPS) is 21.5. The number of piperidine rings is 1.